The van der Waals surface area contributed by atoms with Crippen molar-refractivity contribution in [2.45, 2.75) is 43.9 Å². The number of hydrogen-bond acceptors (Lipinski definition) is 3. The SMILES string of the molecule is CC(=O)Nc1ccc(S(=O)(=O)CC2CCCCC2)cc1. The molecule has 0 saturated heterocycles. The minimum Gasteiger partial charge on any atom is -0.326 e. The maximum atomic E-state index is 12.3. The Morgan fingerprint density at radius 3 is 2.30 bits per heavy atom. The van der Waals surface area contributed by atoms with Crippen LogP contribution >= 0.6 is 0 Å². The Balaban J connectivity index is 2.06. The zero-order valence-corrected chi connectivity index (χ0v) is 12.6. The topological polar surface area (TPSA) is 63.2 Å². The number of benzene rings is 1. The van der Waals surface area contributed by atoms with E-state index in [1.54, 1.807) is 24.3 Å². The lowest BCUT2D eigenvalue weighted by molar-refractivity contribution is -0.114. The molecule has 1 saturated carbocycles. The molecule has 1 aromatic carbocycles. The minimum atomic E-state index is -3.22. The summed E-state index contributed by atoms with van der Waals surface area (Å²) in [7, 11) is -3.22. The number of carbonyl (C=O) groups excluding carboxylic acids is 1. The van der Waals surface area contributed by atoms with E-state index in [2.05, 4.69) is 5.32 Å². The van der Waals surface area contributed by atoms with Crippen molar-refractivity contribution >= 4 is 21.4 Å². The molecule has 110 valence electrons. The van der Waals surface area contributed by atoms with E-state index in [9.17, 15) is 13.2 Å². The number of rotatable bonds is 4. The molecule has 0 spiro atoms. The van der Waals surface area contributed by atoms with Crippen LogP contribution in [0.5, 0.6) is 0 Å². The van der Waals surface area contributed by atoms with Crippen molar-refractivity contribution in [2.75, 3.05) is 11.1 Å². The van der Waals surface area contributed by atoms with Crippen LogP contribution in [-0.4, -0.2) is 20.1 Å². The predicted molar refractivity (Wildman–Crippen MR) is 79.4 cm³/mol. The van der Waals surface area contributed by atoms with Gasteiger partial charge in [-0.2, -0.15) is 0 Å². The number of amides is 1. The molecule has 0 bridgehead atoms. The average molecular weight is 295 g/mol. The molecular formula is C15H21NO3S. The maximum Gasteiger partial charge on any atom is 0.221 e. The van der Waals surface area contributed by atoms with Crippen LogP contribution in [0.3, 0.4) is 0 Å². The first-order chi connectivity index (χ1) is 9.47. The molecule has 1 amide bonds. The van der Waals surface area contributed by atoms with E-state index in [0.29, 0.717) is 16.5 Å². The highest BCUT2D eigenvalue weighted by atomic mass is 32.2. The lowest BCUT2D eigenvalue weighted by atomic mass is 9.91. The van der Waals surface area contributed by atoms with Gasteiger partial charge in [-0.3, -0.25) is 4.79 Å². The molecule has 0 heterocycles. The molecule has 0 unspecified atom stereocenters. The van der Waals surface area contributed by atoms with E-state index in [0.717, 1.165) is 25.7 Å². The van der Waals surface area contributed by atoms with Gasteiger partial charge in [0.1, 0.15) is 0 Å². The molecule has 0 radical (unpaired) electrons. The van der Waals surface area contributed by atoms with Crippen molar-refractivity contribution in [2.24, 2.45) is 5.92 Å². The lowest BCUT2D eigenvalue weighted by Crippen LogP contribution is -2.18. The third-order valence-corrected chi connectivity index (χ3v) is 5.61. The Bertz CT molecular complexity index is 557. The normalized spacial score (nSPS) is 16.9. The summed E-state index contributed by atoms with van der Waals surface area (Å²) in [6.45, 7) is 1.42. The van der Waals surface area contributed by atoms with Gasteiger partial charge in [-0.05, 0) is 43.0 Å². The number of carbonyl (C=O) groups is 1. The number of sulfone groups is 1. The summed E-state index contributed by atoms with van der Waals surface area (Å²) in [6.07, 6.45) is 5.54. The van der Waals surface area contributed by atoms with E-state index in [4.69, 9.17) is 0 Å². The third-order valence-electron chi connectivity index (χ3n) is 3.71. The second-order valence-electron chi connectivity index (χ2n) is 5.49. The summed E-state index contributed by atoms with van der Waals surface area (Å²) in [5.74, 6) is 0.374. The Morgan fingerprint density at radius 1 is 1.15 bits per heavy atom. The van der Waals surface area contributed by atoms with Gasteiger partial charge in [-0.25, -0.2) is 8.42 Å². The van der Waals surface area contributed by atoms with Crippen LogP contribution in [0.4, 0.5) is 5.69 Å². The molecule has 1 N–H and O–H groups in total. The molecule has 1 aliphatic rings. The number of nitrogens with one attached hydrogen (secondary N) is 1. The van der Waals surface area contributed by atoms with E-state index < -0.39 is 9.84 Å². The quantitative estimate of drug-likeness (QED) is 0.928. The zero-order valence-electron chi connectivity index (χ0n) is 11.8. The average Bonchev–Trinajstić information content (AvgIpc) is 2.39. The number of hydrogen-bond donors (Lipinski definition) is 1. The Morgan fingerprint density at radius 2 is 1.75 bits per heavy atom. The van der Waals surface area contributed by atoms with E-state index >= 15 is 0 Å². The molecular weight excluding hydrogens is 274 g/mol. The van der Waals surface area contributed by atoms with Crippen molar-refractivity contribution in [3.05, 3.63) is 24.3 Å². The minimum absolute atomic E-state index is 0.164. The summed E-state index contributed by atoms with van der Waals surface area (Å²) >= 11 is 0. The van der Waals surface area contributed by atoms with Crippen LogP contribution in [0.1, 0.15) is 39.0 Å². The summed E-state index contributed by atoms with van der Waals surface area (Å²) in [5.41, 5.74) is 0.620. The molecule has 0 atom stereocenters. The van der Waals surface area contributed by atoms with E-state index in [1.165, 1.54) is 13.3 Å². The Kier molecular flexibility index (Phi) is 4.81. The van der Waals surface area contributed by atoms with Crippen molar-refractivity contribution < 1.29 is 13.2 Å². The van der Waals surface area contributed by atoms with E-state index in [1.807, 2.05) is 0 Å². The van der Waals surface area contributed by atoms with Crippen molar-refractivity contribution in [3.8, 4) is 0 Å². The van der Waals surface area contributed by atoms with Gasteiger partial charge in [-0.15, -0.1) is 0 Å². The monoisotopic (exact) mass is 295 g/mol. The van der Waals surface area contributed by atoms with Gasteiger partial charge >= 0.3 is 0 Å². The summed E-state index contributed by atoms with van der Waals surface area (Å²) in [6, 6.07) is 6.41. The first-order valence-corrected chi connectivity index (χ1v) is 8.73. The smallest absolute Gasteiger partial charge is 0.221 e. The van der Waals surface area contributed by atoms with Crippen molar-refractivity contribution in [1.82, 2.24) is 0 Å². The van der Waals surface area contributed by atoms with Crippen LogP contribution in [0.2, 0.25) is 0 Å². The second kappa shape index (κ2) is 6.39. The first kappa shape index (κ1) is 15.0. The van der Waals surface area contributed by atoms with Crippen molar-refractivity contribution in [1.29, 1.82) is 0 Å². The molecule has 0 aromatic heterocycles. The molecule has 1 aromatic rings. The standard InChI is InChI=1S/C15H21NO3S/c1-12(17)16-14-7-9-15(10-8-14)20(18,19)11-13-5-3-2-4-6-13/h7-10,13H,2-6,11H2,1H3,(H,16,17). The second-order valence-corrected chi connectivity index (χ2v) is 7.53. The fourth-order valence-corrected chi connectivity index (χ4v) is 4.41. The van der Waals surface area contributed by atoms with Crippen LogP contribution in [0.25, 0.3) is 0 Å². The highest BCUT2D eigenvalue weighted by Crippen LogP contribution is 2.27. The highest BCUT2D eigenvalue weighted by Gasteiger charge is 2.22. The maximum absolute atomic E-state index is 12.3. The largest absolute Gasteiger partial charge is 0.326 e. The zero-order chi connectivity index (χ0) is 14.6. The van der Waals surface area contributed by atoms with Gasteiger partial charge in [0.2, 0.25) is 5.91 Å². The van der Waals surface area contributed by atoms with Crippen LogP contribution in [-0.2, 0) is 14.6 Å². The molecule has 4 nitrogen and oxygen atoms in total. The lowest BCUT2D eigenvalue weighted by Gasteiger charge is -2.21. The van der Waals surface area contributed by atoms with Crippen molar-refractivity contribution in [3.63, 3.8) is 0 Å². The highest BCUT2D eigenvalue weighted by molar-refractivity contribution is 7.91. The summed E-state index contributed by atoms with van der Waals surface area (Å²) in [4.78, 5) is 11.3. The van der Waals surface area contributed by atoms with Gasteiger partial charge in [0, 0.05) is 12.6 Å². The van der Waals surface area contributed by atoms with E-state index in [-0.39, 0.29) is 11.7 Å². The summed E-state index contributed by atoms with van der Waals surface area (Å²) in [5, 5.41) is 2.63. The molecule has 0 aliphatic heterocycles. The molecule has 1 fully saturated rings. The third kappa shape index (κ3) is 4.07. The Hall–Kier alpha value is -1.36. The first-order valence-electron chi connectivity index (χ1n) is 7.08. The Labute approximate surface area is 120 Å². The predicted octanol–water partition coefficient (Wildman–Crippen LogP) is 3.00. The van der Waals surface area contributed by atoms with Gasteiger partial charge < -0.3 is 5.32 Å². The summed E-state index contributed by atoms with van der Waals surface area (Å²) < 4.78 is 24.7. The van der Waals surface area contributed by atoms with Gasteiger partial charge in [-0.1, -0.05) is 19.3 Å². The van der Waals surface area contributed by atoms with Crippen LogP contribution < -0.4 is 5.32 Å². The molecule has 2 rings (SSSR count). The molecule has 20 heavy (non-hydrogen) atoms. The van der Waals surface area contributed by atoms with Gasteiger partial charge in [0.05, 0.1) is 10.6 Å². The number of anilines is 1. The fourth-order valence-electron chi connectivity index (χ4n) is 2.71. The molecule has 5 heteroatoms. The molecule has 1 aliphatic carbocycles. The fraction of sp³-hybridized carbons (Fsp3) is 0.533. The van der Waals surface area contributed by atoms with Crippen LogP contribution in [0.15, 0.2) is 29.2 Å². The van der Waals surface area contributed by atoms with Gasteiger partial charge in [0.25, 0.3) is 0 Å². The van der Waals surface area contributed by atoms with Crippen LogP contribution in [0, 0.1) is 5.92 Å². The van der Waals surface area contributed by atoms with Gasteiger partial charge in [0.15, 0.2) is 9.84 Å².